The Labute approximate surface area is 116 Å². The van der Waals surface area contributed by atoms with Gasteiger partial charge in [0.2, 0.25) is 5.91 Å². The van der Waals surface area contributed by atoms with Gasteiger partial charge in [-0.2, -0.15) is 0 Å². The van der Waals surface area contributed by atoms with Gasteiger partial charge in [-0.3, -0.25) is 20.3 Å². The number of nitro groups is 1. The van der Waals surface area contributed by atoms with Crippen LogP contribution in [0, 0.1) is 15.5 Å². The van der Waals surface area contributed by atoms with Crippen molar-refractivity contribution in [3.05, 3.63) is 28.3 Å². The molecule has 0 saturated carbocycles. The van der Waals surface area contributed by atoms with Crippen molar-refractivity contribution in [2.24, 2.45) is 11.3 Å². The molecule has 0 atom stereocenters. The number of methoxy groups -OCH3 is 1. The summed E-state index contributed by atoms with van der Waals surface area (Å²) < 4.78 is 10.3. The number of carbonyl (C=O) groups excluding carboxylic acids is 1. The lowest BCUT2D eigenvalue weighted by Crippen LogP contribution is -2.44. The number of amides is 1. The molecule has 8 heteroatoms. The molecule has 0 fully saturated rings. The number of hydrazine groups is 1. The Kier molecular flexibility index (Phi) is 4.87. The Hall–Kier alpha value is -2.35. The van der Waals surface area contributed by atoms with E-state index in [-0.39, 0.29) is 29.7 Å². The molecule has 1 rings (SSSR count). The molecule has 0 radical (unpaired) electrons. The molecule has 0 spiro atoms. The van der Waals surface area contributed by atoms with Gasteiger partial charge >= 0.3 is 5.69 Å². The van der Waals surface area contributed by atoms with Crippen LogP contribution in [0.4, 0.5) is 5.69 Å². The number of benzene rings is 1. The molecule has 0 aromatic heterocycles. The van der Waals surface area contributed by atoms with Crippen molar-refractivity contribution in [3.63, 3.8) is 0 Å². The van der Waals surface area contributed by atoms with Gasteiger partial charge in [0.15, 0.2) is 5.75 Å². The summed E-state index contributed by atoms with van der Waals surface area (Å²) in [7, 11) is 1.34. The molecule has 110 valence electrons. The van der Waals surface area contributed by atoms with E-state index in [0.717, 1.165) is 0 Å². The first-order chi connectivity index (χ1) is 9.31. The average Bonchev–Trinajstić information content (AvgIpc) is 2.43. The molecule has 0 aliphatic carbocycles. The molecular weight excluding hydrogens is 266 g/mol. The molecule has 1 amide bonds. The van der Waals surface area contributed by atoms with Crippen LogP contribution in [-0.2, 0) is 4.79 Å². The fourth-order valence-corrected chi connectivity index (χ4v) is 1.43. The summed E-state index contributed by atoms with van der Waals surface area (Å²) in [6.07, 6.45) is 0. The van der Waals surface area contributed by atoms with Crippen molar-refractivity contribution < 1.29 is 19.2 Å². The van der Waals surface area contributed by atoms with Crippen molar-refractivity contribution in [2.75, 3.05) is 13.7 Å². The van der Waals surface area contributed by atoms with Crippen LogP contribution in [0.15, 0.2) is 18.2 Å². The Bertz CT molecular complexity index is 516. The van der Waals surface area contributed by atoms with E-state index in [0.29, 0.717) is 0 Å². The maximum atomic E-state index is 11.5. The number of nitrogens with zero attached hydrogens (tertiary/aromatic N) is 1. The largest absolute Gasteiger partial charge is 0.492 e. The van der Waals surface area contributed by atoms with Gasteiger partial charge in [0.25, 0.3) is 0 Å². The van der Waals surface area contributed by atoms with Gasteiger partial charge in [-0.15, -0.1) is 0 Å². The number of hydrogen-bond acceptors (Lipinski definition) is 6. The SMILES string of the molecule is COc1ccc(OCC(C)(C)C(=O)NN)cc1[N+](=O)[O-]. The van der Waals surface area contributed by atoms with E-state index in [1.54, 1.807) is 13.8 Å². The second-order valence-electron chi connectivity index (χ2n) is 4.74. The highest BCUT2D eigenvalue weighted by atomic mass is 16.6. The van der Waals surface area contributed by atoms with Gasteiger partial charge in [-0.25, -0.2) is 5.84 Å². The fourth-order valence-electron chi connectivity index (χ4n) is 1.43. The number of nitrogens with one attached hydrogen (secondary N) is 1. The smallest absolute Gasteiger partial charge is 0.314 e. The van der Waals surface area contributed by atoms with Crippen LogP contribution in [0.2, 0.25) is 0 Å². The molecule has 0 heterocycles. The van der Waals surface area contributed by atoms with E-state index >= 15 is 0 Å². The van der Waals surface area contributed by atoms with Gasteiger partial charge in [-0.1, -0.05) is 0 Å². The minimum absolute atomic E-state index is 0.0273. The van der Waals surface area contributed by atoms with Crippen molar-refractivity contribution in [3.8, 4) is 11.5 Å². The first-order valence-electron chi connectivity index (χ1n) is 5.78. The Balaban J connectivity index is 2.87. The topological polar surface area (TPSA) is 117 Å². The number of ether oxygens (including phenoxy) is 2. The van der Waals surface area contributed by atoms with Crippen LogP contribution in [0.1, 0.15) is 13.8 Å². The average molecular weight is 283 g/mol. The van der Waals surface area contributed by atoms with Gasteiger partial charge < -0.3 is 9.47 Å². The van der Waals surface area contributed by atoms with Crippen LogP contribution in [-0.4, -0.2) is 24.5 Å². The minimum atomic E-state index is -0.858. The van der Waals surface area contributed by atoms with E-state index in [2.05, 4.69) is 0 Å². The van der Waals surface area contributed by atoms with Gasteiger partial charge in [0, 0.05) is 0 Å². The maximum absolute atomic E-state index is 11.5. The first-order valence-corrected chi connectivity index (χ1v) is 5.78. The zero-order chi connectivity index (χ0) is 15.3. The number of hydrogen-bond donors (Lipinski definition) is 2. The molecule has 8 nitrogen and oxygen atoms in total. The summed E-state index contributed by atoms with van der Waals surface area (Å²) in [4.78, 5) is 21.8. The third-order valence-electron chi connectivity index (χ3n) is 2.69. The summed E-state index contributed by atoms with van der Waals surface area (Å²) in [5.41, 5.74) is 0.982. The molecule has 0 aliphatic rings. The van der Waals surface area contributed by atoms with Crippen LogP contribution in [0.5, 0.6) is 11.5 Å². The van der Waals surface area contributed by atoms with Crippen LogP contribution >= 0.6 is 0 Å². The first kappa shape index (κ1) is 15.7. The monoisotopic (exact) mass is 283 g/mol. The van der Waals surface area contributed by atoms with E-state index in [9.17, 15) is 14.9 Å². The van der Waals surface area contributed by atoms with Gasteiger partial charge in [-0.05, 0) is 26.0 Å². The fraction of sp³-hybridized carbons (Fsp3) is 0.417. The minimum Gasteiger partial charge on any atom is -0.492 e. The molecule has 20 heavy (non-hydrogen) atoms. The highest BCUT2D eigenvalue weighted by Crippen LogP contribution is 2.31. The van der Waals surface area contributed by atoms with E-state index in [4.69, 9.17) is 15.3 Å². The van der Waals surface area contributed by atoms with E-state index < -0.39 is 10.3 Å². The number of rotatable bonds is 6. The van der Waals surface area contributed by atoms with Crippen LogP contribution in [0.3, 0.4) is 0 Å². The maximum Gasteiger partial charge on any atom is 0.314 e. The summed E-state index contributed by atoms with van der Waals surface area (Å²) >= 11 is 0. The summed E-state index contributed by atoms with van der Waals surface area (Å²) in [6.45, 7) is 3.32. The van der Waals surface area contributed by atoms with Gasteiger partial charge in [0.05, 0.1) is 23.5 Å². The zero-order valence-corrected chi connectivity index (χ0v) is 11.5. The third-order valence-corrected chi connectivity index (χ3v) is 2.69. The second-order valence-corrected chi connectivity index (χ2v) is 4.74. The van der Waals surface area contributed by atoms with Crippen molar-refractivity contribution in [1.82, 2.24) is 5.43 Å². The van der Waals surface area contributed by atoms with E-state index in [1.807, 2.05) is 5.43 Å². The molecule has 0 saturated heterocycles. The summed E-state index contributed by atoms with van der Waals surface area (Å²) in [6, 6.07) is 4.21. The van der Waals surface area contributed by atoms with E-state index in [1.165, 1.54) is 25.3 Å². The number of carbonyl (C=O) groups is 1. The van der Waals surface area contributed by atoms with Crippen molar-refractivity contribution >= 4 is 11.6 Å². The Morgan fingerprint density at radius 2 is 2.15 bits per heavy atom. The van der Waals surface area contributed by atoms with Gasteiger partial charge in [0.1, 0.15) is 12.4 Å². The van der Waals surface area contributed by atoms with Crippen LogP contribution < -0.4 is 20.7 Å². The predicted octanol–water partition coefficient (Wildman–Crippen LogP) is 0.998. The normalized spacial score (nSPS) is 10.8. The Morgan fingerprint density at radius 1 is 1.50 bits per heavy atom. The zero-order valence-electron chi connectivity index (χ0n) is 11.5. The number of nitrogens with two attached hydrogens (primary N) is 1. The van der Waals surface area contributed by atoms with Crippen molar-refractivity contribution in [2.45, 2.75) is 13.8 Å². The standard InChI is InChI=1S/C12H17N3O5/c1-12(2,11(16)14-13)7-20-8-4-5-10(19-3)9(6-8)15(17)18/h4-6H,7,13H2,1-3H3,(H,14,16). The molecular formula is C12H17N3O5. The number of nitro benzene ring substituents is 1. The molecule has 3 N–H and O–H groups in total. The highest BCUT2D eigenvalue weighted by Gasteiger charge is 2.28. The molecule has 1 aromatic rings. The third kappa shape index (κ3) is 3.58. The highest BCUT2D eigenvalue weighted by molar-refractivity contribution is 5.81. The summed E-state index contributed by atoms with van der Waals surface area (Å²) in [5.74, 6) is 5.09. The lowest BCUT2D eigenvalue weighted by Gasteiger charge is -2.22. The molecule has 0 bridgehead atoms. The lowest BCUT2D eigenvalue weighted by atomic mass is 9.94. The quantitative estimate of drug-likeness (QED) is 0.348. The summed E-state index contributed by atoms with van der Waals surface area (Å²) in [5, 5.41) is 10.9. The molecule has 1 aromatic carbocycles. The molecule has 0 aliphatic heterocycles. The Morgan fingerprint density at radius 3 is 2.65 bits per heavy atom. The van der Waals surface area contributed by atoms with Crippen molar-refractivity contribution in [1.29, 1.82) is 0 Å². The lowest BCUT2D eigenvalue weighted by molar-refractivity contribution is -0.385. The molecule has 0 unspecified atom stereocenters. The predicted molar refractivity (Wildman–Crippen MR) is 71.3 cm³/mol. The van der Waals surface area contributed by atoms with Crippen LogP contribution in [0.25, 0.3) is 0 Å². The second kappa shape index (κ2) is 6.20.